The van der Waals surface area contributed by atoms with Crippen molar-refractivity contribution in [3.05, 3.63) is 29.3 Å². The average Bonchev–Trinajstić information content (AvgIpc) is 2.38. The predicted molar refractivity (Wildman–Crippen MR) is 79.2 cm³/mol. The van der Waals surface area contributed by atoms with Crippen LogP contribution in [0.25, 0.3) is 0 Å². The van der Waals surface area contributed by atoms with E-state index >= 15 is 0 Å². The molecule has 0 aliphatic heterocycles. The van der Waals surface area contributed by atoms with E-state index in [1.165, 1.54) is 5.56 Å². The second kappa shape index (κ2) is 7.07. The molecular weight excluding hydrogens is 254 g/mol. The van der Waals surface area contributed by atoms with Crippen LogP contribution in [0.15, 0.2) is 18.2 Å². The first-order valence-corrected chi connectivity index (χ1v) is 7.22. The van der Waals surface area contributed by atoms with Gasteiger partial charge in [-0.05, 0) is 43.9 Å². The molecule has 0 heterocycles. The summed E-state index contributed by atoms with van der Waals surface area (Å²) in [5.41, 5.74) is 2.26. The van der Waals surface area contributed by atoms with Crippen molar-refractivity contribution in [2.75, 3.05) is 20.3 Å². The van der Waals surface area contributed by atoms with Crippen molar-refractivity contribution in [1.29, 1.82) is 0 Å². The standard InChI is InChI=1S/C16H25NO3/c1-11-4-5-12(2)16(6-11)20-10-14(18)9-17-13-7-15(8-13)19-3/h4-6,13-15,17-18H,7-10H2,1-3H3. The molecule has 1 aromatic rings. The number of methoxy groups -OCH3 is 1. The molecule has 0 saturated heterocycles. The molecule has 2 N–H and O–H groups in total. The van der Waals surface area contributed by atoms with E-state index in [1.54, 1.807) is 7.11 Å². The number of benzene rings is 1. The van der Waals surface area contributed by atoms with Crippen LogP contribution in [0.1, 0.15) is 24.0 Å². The summed E-state index contributed by atoms with van der Waals surface area (Å²) in [4.78, 5) is 0. The topological polar surface area (TPSA) is 50.7 Å². The summed E-state index contributed by atoms with van der Waals surface area (Å²) >= 11 is 0. The van der Waals surface area contributed by atoms with Gasteiger partial charge in [-0.15, -0.1) is 0 Å². The fourth-order valence-electron chi connectivity index (χ4n) is 2.34. The number of ether oxygens (including phenoxy) is 2. The highest BCUT2D eigenvalue weighted by atomic mass is 16.5. The lowest BCUT2D eigenvalue weighted by molar-refractivity contribution is 0.0117. The lowest BCUT2D eigenvalue weighted by atomic mass is 9.89. The Labute approximate surface area is 121 Å². The maximum absolute atomic E-state index is 9.94. The van der Waals surface area contributed by atoms with E-state index in [1.807, 2.05) is 26.0 Å². The quantitative estimate of drug-likeness (QED) is 0.799. The van der Waals surface area contributed by atoms with Gasteiger partial charge in [0, 0.05) is 19.7 Å². The maximum Gasteiger partial charge on any atom is 0.122 e. The minimum absolute atomic E-state index is 0.317. The first kappa shape index (κ1) is 15.3. The Morgan fingerprint density at radius 1 is 1.35 bits per heavy atom. The third-order valence-corrected chi connectivity index (χ3v) is 3.85. The fraction of sp³-hybridized carbons (Fsp3) is 0.625. The van der Waals surface area contributed by atoms with Crippen LogP contribution in [0.5, 0.6) is 5.75 Å². The van der Waals surface area contributed by atoms with Crippen molar-refractivity contribution < 1.29 is 14.6 Å². The van der Waals surface area contributed by atoms with E-state index in [-0.39, 0.29) is 0 Å². The SMILES string of the molecule is COC1CC(NCC(O)COc2cc(C)ccc2C)C1. The molecule has 1 saturated carbocycles. The molecule has 4 nitrogen and oxygen atoms in total. The molecule has 1 aromatic carbocycles. The molecule has 0 amide bonds. The summed E-state index contributed by atoms with van der Waals surface area (Å²) in [6.07, 6.45) is 1.95. The van der Waals surface area contributed by atoms with Gasteiger partial charge in [0.1, 0.15) is 18.5 Å². The average molecular weight is 279 g/mol. The van der Waals surface area contributed by atoms with Gasteiger partial charge in [0.15, 0.2) is 0 Å². The number of hydrogen-bond donors (Lipinski definition) is 2. The van der Waals surface area contributed by atoms with Crippen LogP contribution in [-0.4, -0.2) is 43.6 Å². The van der Waals surface area contributed by atoms with Crippen molar-refractivity contribution in [1.82, 2.24) is 5.32 Å². The molecule has 0 aromatic heterocycles. The number of aliphatic hydroxyl groups is 1. The zero-order chi connectivity index (χ0) is 14.5. The number of aryl methyl sites for hydroxylation is 2. The summed E-state index contributed by atoms with van der Waals surface area (Å²) in [5.74, 6) is 0.854. The van der Waals surface area contributed by atoms with E-state index < -0.39 is 6.10 Å². The number of aliphatic hydroxyl groups excluding tert-OH is 1. The second-order valence-electron chi connectivity index (χ2n) is 5.67. The molecule has 2 rings (SSSR count). The molecule has 1 fully saturated rings. The molecule has 0 bridgehead atoms. The Morgan fingerprint density at radius 2 is 2.10 bits per heavy atom. The van der Waals surface area contributed by atoms with Crippen molar-refractivity contribution in [3.63, 3.8) is 0 Å². The van der Waals surface area contributed by atoms with Gasteiger partial charge in [-0.2, -0.15) is 0 Å². The van der Waals surface area contributed by atoms with Crippen LogP contribution in [0.4, 0.5) is 0 Å². The summed E-state index contributed by atoms with van der Waals surface area (Å²) in [5, 5.41) is 13.3. The molecule has 1 atom stereocenters. The van der Waals surface area contributed by atoms with Crippen LogP contribution in [0.2, 0.25) is 0 Å². The molecule has 20 heavy (non-hydrogen) atoms. The molecule has 1 aliphatic rings. The third kappa shape index (κ3) is 4.20. The van der Waals surface area contributed by atoms with Gasteiger partial charge in [-0.25, -0.2) is 0 Å². The van der Waals surface area contributed by atoms with Gasteiger partial charge in [-0.3, -0.25) is 0 Å². The van der Waals surface area contributed by atoms with Crippen LogP contribution in [0, 0.1) is 13.8 Å². The zero-order valence-corrected chi connectivity index (χ0v) is 12.6. The lowest BCUT2D eigenvalue weighted by Gasteiger charge is -2.35. The van der Waals surface area contributed by atoms with E-state index in [0.717, 1.165) is 24.2 Å². The van der Waals surface area contributed by atoms with Crippen LogP contribution in [-0.2, 0) is 4.74 Å². The van der Waals surface area contributed by atoms with Gasteiger partial charge < -0.3 is 19.9 Å². The summed E-state index contributed by atoms with van der Waals surface area (Å²) in [7, 11) is 1.74. The Balaban J connectivity index is 1.67. The van der Waals surface area contributed by atoms with E-state index in [4.69, 9.17) is 9.47 Å². The molecule has 112 valence electrons. The zero-order valence-electron chi connectivity index (χ0n) is 12.6. The lowest BCUT2D eigenvalue weighted by Crippen LogP contribution is -2.48. The largest absolute Gasteiger partial charge is 0.491 e. The normalized spacial score (nSPS) is 23.2. The summed E-state index contributed by atoms with van der Waals surface area (Å²) < 4.78 is 10.9. The van der Waals surface area contributed by atoms with Gasteiger partial charge in [0.2, 0.25) is 0 Å². The number of rotatable bonds is 7. The Bertz CT molecular complexity index is 430. The maximum atomic E-state index is 9.94. The highest BCUT2D eigenvalue weighted by Gasteiger charge is 2.28. The Kier molecular flexibility index (Phi) is 5.40. The highest BCUT2D eigenvalue weighted by molar-refractivity contribution is 5.35. The van der Waals surface area contributed by atoms with Gasteiger partial charge >= 0.3 is 0 Å². The number of nitrogens with one attached hydrogen (secondary N) is 1. The molecule has 0 radical (unpaired) electrons. The molecule has 1 aliphatic carbocycles. The van der Waals surface area contributed by atoms with Crippen molar-refractivity contribution >= 4 is 0 Å². The monoisotopic (exact) mass is 279 g/mol. The van der Waals surface area contributed by atoms with Crippen molar-refractivity contribution in [2.45, 2.75) is 44.9 Å². The van der Waals surface area contributed by atoms with Crippen LogP contribution >= 0.6 is 0 Å². The second-order valence-corrected chi connectivity index (χ2v) is 5.67. The van der Waals surface area contributed by atoms with Gasteiger partial charge in [0.25, 0.3) is 0 Å². The number of hydrogen-bond acceptors (Lipinski definition) is 4. The van der Waals surface area contributed by atoms with E-state index in [0.29, 0.717) is 25.3 Å². The van der Waals surface area contributed by atoms with Crippen LogP contribution in [0.3, 0.4) is 0 Å². The van der Waals surface area contributed by atoms with Crippen molar-refractivity contribution in [2.24, 2.45) is 0 Å². The first-order chi connectivity index (χ1) is 9.58. The minimum atomic E-state index is -0.489. The smallest absolute Gasteiger partial charge is 0.122 e. The van der Waals surface area contributed by atoms with E-state index in [2.05, 4.69) is 11.4 Å². The first-order valence-electron chi connectivity index (χ1n) is 7.22. The van der Waals surface area contributed by atoms with E-state index in [9.17, 15) is 5.11 Å². The molecule has 1 unspecified atom stereocenters. The molecule has 0 spiro atoms. The predicted octanol–water partition coefficient (Wildman–Crippen LogP) is 1.81. The summed E-state index contributed by atoms with van der Waals surface area (Å²) in [6, 6.07) is 6.57. The highest BCUT2D eigenvalue weighted by Crippen LogP contribution is 2.22. The van der Waals surface area contributed by atoms with Crippen LogP contribution < -0.4 is 10.1 Å². The molecular formula is C16H25NO3. The third-order valence-electron chi connectivity index (χ3n) is 3.85. The van der Waals surface area contributed by atoms with Gasteiger partial charge in [0.05, 0.1) is 6.10 Å². The fourth-order valence-corrected chi connectivity index (χ4v) is 2.34. The Morgan fingerprint density at radius 3 is 2.80 bits per heavy atom. The van der Waals surface area contributed by atoms with Gasteiger partial charge in [-0.1, -0.05) is 12.1 Å². The molecule has 4 heteroatoms. The summed E-state index contributed by atoms with van der Waals surface area (Å²) in [6.45, 7) is 4.93. The minimum Gasteiger partial charge on any atom is -0.491 e. The van der Waals surface area contributed by atoms with Crippen molar-refractivity contribution in [3.8, 4) is 5.75 Å². The Hall–Kier alpha value is -1.10.